The number of unbranched alkanes of at least 4 members (excludes halogenated alkanes) is 1. The Balaban J connectivity index is 1.38. The number of nitrogens with zero attached hydrogens (tertiary/aromatic N) is 2. The highest BCUT2D eigenvalue weighted by Crippen LogP contribution is 2.19. The lowest BCUT2D eigenvalue weighted by Gasteiger charge is -2.36. The Morgan fingerprint density at radius 1 is 0.966 bits per heavy atom. The van der Waals surface area contributed by atoms with Crippen molar-refractivity contribution in [2.24, 2.45) is 0 Å². The van der Waals surface area contributed by atoms with Gasteiger partial charge < -0.3 is 4.90 Å². The van der Waals surface area contributed by atoms with Gasteiger partial charge in [0.2, 0.25) is 10.0 Å². The van der Waals surface area contributed by atoms with E-state index in [0.717, 1.165) is 57.3 Å². The number of hydrogen-bond acceptors (Lipinski definition) is 4. The number of anilines is 1. The van der Waals surface area contributed by atoms with E-state index in [1.54, 1.807) is 0 Å². The minimum absolute atomic E-state index is 0.152. The third-order valence-corrected chi connectivity index (χ3v) is 6.63. The molecule has 0 amide bonds. The molecule has 1 aliphatic rings. The molecule has 158 valence electrons. The largest absolute Gasteiger partial charge is 0.369 e. The standard InChI is InChI=1S/C21H27F2N3O2S/c1-17-6-4-7-18(16-17)26-14-12-25(13-15-26)11-3-2-10-24-29(27,28)21-19(22)8-5-9-20(21)23/h4-9,16,24H,2-3,10-15H2,1H3. The van der Waals surface area contributed by atoms with Crippen LogP contribution in [-0.4, -0.2) is 52.6 Å². The summed E-state index contributed by atoms with van der Waals surface area (Å²) in [4.78, 5) is 3.82. The first-order valence-corrected chi connectivity index (χ1v) is 11.3. The Hall–Kier alpha value is -2.03. The maximum atomic E-state index is 13.7. The van der Waals surface area contributed by atoms with E-state index in [9.17, 15) is 17.2 Å². The summed E-state index contributed by atoms with van der Waals surface area (Å²) in [6, 6.07) is 11.5. The molecule has 0 aliphatic carbocycles. The Morgan fingerprint density at radius 3 is 2.28 bits per heavy atom. The molecule has 0 bridgehead atoms. The van der Waals surface area contributed by atoms with Crippen molar-refractivity contribution in [2.45, 2.75) is 24.7 Å². The van der Waals surface area contributed by atoms with E-state index in [0.29, 0.717) is 6.42 Å². The molecule has 5 nitrogen and oxygen atoms in total. The molecule has 2 aromatic rings. The average Bonchev–Trinajstić information content (AvgIpc) is 2.68. The summed E-state index contributed by atoms with van der Waals surface area (Å²) in [5.41, 5.74) is 2.50. The molecule has 0 unspecified atom stereocenters. The van der Waals surface area contributed by atoms with Gasteiger partial charge >= 0.3 is 0 Å². The number of halogens is 2. The minimum atomic E-state index is -4.19. The van der Waals surface area contributed by atoms with Crippen LogP contribution in [0.1, 0.15) is 18.4 Å². The Kier molecular flexibility index (Phi) is 7.21. The average molecular weight is 424 g/mol. The molecule has 3 rings (SSSR count). The van der Waals surface area contributed by atoms with Gasteiger partial charge in [0.25, 0.3) is 0 Å². The van der Waals surface area contributed by atoms with Crippen molar-refractivity contribution in [1.29, 1.82) is 0 Å². The third kappa shape index (κ3) is 5.74. The van der Waals surface area contributed by atoms with Crippen molar-refractivity contribution < 1.29 is 17.2 Å². The Labute approximate surface area is 171 Å². The van der Waals surface area contributed by atoms with Crippen LogP contribution in [0.3, 0.4) is 0 Å². The molecule has 8 heteroatoms. The van der Waals surface area contributed by atoms with Crippen LogP contribution in [0, 0.1) is 18.6 Å². The molecule has 0 aromatic heterocycles. The van der Waals surface area contributed by atoms with E-state index < -0.39 is 26.6 Å². The number of hydrogen-bond donors (Lipinski definition) is 1. The van der Waals surface area contributed by atoms with Crippen LogP contribution < -0.4 is 9.62 Å². The molecule has 0 radical (unpaired) electrons. The van der Waals surface area contributed by atoms with Crippen LogP contribution in [0.2, 0.25) is 0 Å². The van der Waals surface area contributed by atoms with Crippen LogP contribution in [0.25, 0.3) is 0 Å². The summed E-state index contributed by atoms with van der Waals surface area (Å²) in [7, 11) is -4.19. The van der Waals surface area contributed by atoms with Crippen molar-refractivity contribution in [3.8, 4) is 0 Å². The first-order chi connectivity index (χ1) is 13.9. The van der Waals surface area contributed by atoms with Crippen LogP contribution in [0.5, 0.6) is 0 Å². The second-order valence-electron chi connectivity index (χ2n) is 7.32. The number of aryl methyl sites for hydroxylation is 1. The summed E-state index contributed by atoms with van der Waals surface area (Å²) >= 11 is 0. The van der Waals surface area contributed by atoms with E-state index >= 15 is 0 Å². The van der Waals surface area contributed by atoms with Gasteiger partial charge in [0, 0.05) is 38.4 Å². The lowest BCUT2D eigenvalue weighted by molar-refractivity contribution is 0.253. The van der Waals surface area contributed by atoms with Gasteiger partial charge in [-0.1, -0.05) is 18.2 Å². The number of benzene rings is 2. The second-order valence-corrected chi connectivity index (χ2v) is 9.03. The molecule has 1 heterocycles. The van der Waals surface area contributed by atoms with Gasteiger partial charge in [-0.25, -0.2) is 21.9 Å². The highest BCUT2D eigenvalue weighted by atomic mass is 32.2. The van der Waals surface area contributed by atoms with Crippen LogP contribution in [-0.2, 0) is 10.0 Å². The topological polar surface area (TPSA) is 52.6 Å². The van der Waals surface area contributed by atoms with Gasteiger partial charge in [-0.3, -0.25) is 4.90 Å². The maximum Gasteiger partial charge on any atom is 0.246 e. The summed E-state index contributed by atoms with van der Waals surface area (Å²) in [6.07, 6.45) is 1.42. The molecule has 0 spiro atoms. The third-order valence-electron chi connectivity index (χ3n) is 5.12. The summed E-state index contributed by atoms with van der Waals surface area (Å²) in [5.74, 6) is -2.16. The number of nitrogens with one attached hydrogen (secondary N) is 1. The van der Waals surface area contributed by atoms with Gasteiger partial charge in [0.05, 0.1) is 0 Å². The van der Waals surface area contributed by atoms with Crippen molar-refractivity contribution in [2.75, 3.05) is 44.2 Å². The van der Waals surface area contributed by atoms with Gasteiger partial charge in [-0.15, -0.1) is 0 Å². The van der Waals surface area contributed by atoms with Crippen LogP contribution in [0.4, 0.5) is 14.5 Å². The smallest absolute Gasteiger partial charge is 0.246 e. The molecule has 2 aromatic carbocycles. The SMILES string of the molecule is Cc1cccc(N2CCN(CCCCNS(=O)(=O)c3c(F)cccc3F)CC2)c1. The number of rotatable bonds is 8. The molecule has 1 saturated heterocycles. The lowest BCUT2D eigenvalue weighted by Crippen LogP contribution is -2.46. The molecule has 1 N–H and O–H groups in total. The van der Waals surface area contributed by atoms with Crippen LogP contribution in [0.15, 0.2) is 47.4 Å². The number of sulfonamides is 1. The van der Waals surface area contributed by atoms with Gasteiger partial charge in [-0.2, -0.15) is 0 Å². The minimum Gasteiger partial charge on any atom is -0.369 e. The predicted octanol–water partition coefficient (Wildman–Crippen LogP) is 3.15. The molecular formula is C21H27F2N3O2S. The summed E-state index contributed by atoms with van der Waals surface area (Å²) in [6.45, 7) is 6.96. The predicted molar refractivity (Wildman–Crippen MR) is 111 cm³/mol. The molecule has 0 atom stereocenters. The van der Waals surface area contributed by atoms with Gasteiger partial charge in [-0.05, 0) is 56.1 Å². The summed E-state index contributed by atoms with van der Waals surface area (Å²) in [5, 5.41) is 0. The van der Waals surface area contributed by atoms with E-state index in [1.807, 2.05) is 0 Å². The van der Waals surface area contributed by atoms with Crippen molar-refractivity contribution in [1.82, 2.24) is 9.62 Å². The zero-order chi connectivity index (χ0) is 20.9. The van der Waals surface area contributed by atoms with Crippen molar-refractivity contribution in [3.63, 3.8) is 0 Å². The Morgan fingerprint density at radius 2 is 1.62 bits per heavy atom. The van der Waals surface area contributed by atoms with E-state index in [-0.39, 0.29) is 6.54 Å². The Bertz CT molecular complexity index is 909. The zero-order valence-electron chi connectivity index (χ0n) is 16.6. The van der Waals surface area contributed by atoms with Gasteiger partial charge in [0.15, 0.2) is 4.90 Å². The first kappa shape index (κ1) is 21.7. The molecule has 1 aliphatic heterocycles. The fraction of sp³-hybridized carbons (Fsp3) is 0.429. The fourth-order valence-electron chi connectivity index (χ4n) is 3.53. The molecule has 29 heavy (non-hydrogen) atoms. The fourth-order valence-corrected chi connectivity index (χ4v) is 4.74. The highest BCUT2D eigenvalue weighted by Gasteiger charge is 2.23. The van der Waals surface area contributed by atoms with Crippen molar-refractivity contribution >= 4 is 15.7 Å². The first-order valence-electron chi connectivity index (χ1n) is 9.84. The van der Waals surface area contributed by atoms with Crippen molar-refractivity contribution in [3.05, 3.63) is 59.7 Å². The molecule has 1 fully saturated rings. The normalized spacial score (nSPS) is 15.6. The quantitative estimate of drug-likeness (QED) is 0.663. The van der Waals surface area contributed by atoms with Crippen LogP contribution >= 0.6 is 0 Å². The van der Waals surface area contributed by atoms with Gasteiger partial charge in [0.1, 0.15) is 11.6 Å². The second kappa shape index (κ2) is 9.65. The molecule has 0 saturated carbocycles. The molecular weight excluding hydrogens is 396 g/mol. The van der Waals surface area contributed by atoms with E-state index in [1.165, 1.54) is 11.3 Å². The van der Waals surface area contributed by atoms with E-state index in [4.69, 9.17) is 0 Å². The lowest BCUT2D eigenvalue weighted by atomic mass is 10.2. The maximum absolute atomic E-state index is 13.7. The summed E-state index contributed by atoms with van der Waals surface area (Å²) < 4.78 is 53.9. The monoisotopic (exact) mass is 423 g/mol. The number of piperazine rings is 1. The van der Waals surface area contributed by atoms with E-state index in [2.05, 4.69) is 45.7 Å². The highest BCUT2D eigenvalue weighted by molar-refractivity contribution is 7.89. The zero-order valence-corrected chi connectivity index (χ0v) is 17.4.